The highest BCUT2D eigenvalue weighted by Crippen LogP contribution is 2.25. The number of amides is 1. The first kappa shape index (κ1) is 19.5. The third-order valence-electron chi connectivity index (χ3n) is 4.83. The van der Waals surface area contributed by atoms with Crippen LogP contribution in [0.15, 0.2) is 0 Å². The van der Waals surface area contributed by atoms with Gasteiger partial charge in [-0.25, -0.2) is 4.79 Å². The zero-order valence-electron chi connectivity index (χ0n) is 15.6. The lowest BCUT2D eigenvalue weighted by molar-refractivity contribution is -0.0356. The molecule has 2 aliphatic rings. The van der Waals surface area contributed by atoms with Crippen LogP contribution < -0.4 is 5.32 Å². The van der Waals surface area contributed by atoms with Crippen LogP contribution in [0.1, 0.15) is 53.4 Å². The minimum Gasteiger partial charge on any atom is -0.444 e. The molecular weight excluding hydrogens is 308 g/mol. The highest BCUT2D eigenvalue weighted by molar-refractivity contribution is 5.68. The fraction of sp³-hybridized carbons (Fsp3) is 0.944. The first-order valence-electron chi connectivity index (χ1n) is 9.25. The van der Waals surface area contributed by atoms with E-state index in [1.54, 1.807) is 4.90 Å². The predicted molar refractivity (Wildman–Crippen MR) is 93.0 cm³/mol. The number of aliphatic hydroxyl groups excluding tert-OH is 1. The average molecular weight is 342 g/mol. The summed E-state index contributed by atoms with van der Waals surface area (Å²) in [4.78, 5) is 14.2. The molecule has 4 unspecified atom stereocenters. The minimum absolute atomic E-state index is 0.0320. The van der Waals surface area contributed by atoms with Crippen molar-refractivity contribution in [3.05, 3.63) is 0 Å². The van der Waals surface area contributed by atoms with Crippen molar-refractivity contribution in [2.24, 2.45) is 5.92 Å². The number of carbonyl (C=O) groups excluding carboxylic acids is 1. The second-order valence-electron chi connectivity index (χ2n) is 8.21. The summed E-state index contributed by atoms with van der Waals surface area (Å²) in [6.45, 7) is 10.3. The maximum Gasteiger partial charge on any atom is 0.410 e. The Kier molecular flexibility index (Phi) is 6.89. The van der Waals surface area contributed by atoms with Gasteiger partial charge in [-0.1, -0.05) is 6.42 Å². The van der Waals surface area contributed by atoms with Gasteiger partial charge in [0, 0.05) is 19.1 Å². The molecule has 1 saturated carbocycles. The maximum absolute atomic E-state index is 12.4. The zero-order chi connectivity index (χ0) is 17.7. The third kappa shape index (κ3) is 5.90. The van der Waals surface area contributed by atoms with Gasteiger partial charge in [-0.3, -0.25) is 0 Å². The Balaban J connectivity index is 1.82. The lowest BCUT2D eigenvalue weighted by atomic mass is 10.0. The van der Waals surface area contributed by atoms with Gasteiger partial charge < -0.3 is 24.8 Å². The van der Waals surface area contributed by atoms with Crippen molar-refractivity contribution in [3.63, 3.8) is 0 Å². The van der Waals surface area contributed by atoms with E-state index >= 15 is 0 Å². The summed E-state index contributed by atoms with van der Waals surface area (Å²) >= 11 is 0. The van der Waals surface area contributed by atoms with Crippen LogP contribution in [0.5, 0.6) is 0 Å². The molecule has 2 rings (SSSR count). The van der Waals surface area contributed by atoms with Crippen LogP contribution in [0.3, 0.4) is 0 Å². The highest BCUT2D eigenvalue weighted by atomic mass is 16.6. The summed E-state index contributed by atoms with van der Waals surface area (Å²) in [5, 5.41) is 13.4. The summed E-state index contributed by atoms with van der Waals surface area (Å²) in [6.07, 6.45) is 3.53. The Bertz CT molecular complexity index is 410. The van der Waals surface area contributed by atoms with Crippen LogP contribution >= 0.6 is 0 Å². The van der Waals surface area contributed by atoms with Gasteiger partial charge >= 0.3 is 6.09 Å². The average Bonchev–Trinajstić information content (AvgIpc) is 2.89. The Morgan fingerprint density at radius 1 is 1.42 bits per heavy atom. The Morgan fingerprint density at radius 2 is 2.17 bits per heavy atom. The van der Waals surface area contributed by atoms with E-state index in [1.807, 2.05) is 20.8 Å². The summed E-state index contributed by atoms with van der Waals surface area (Å²) in [5.41, 5.74) is -0.484. The van der Waals surface area contributed by atoms with Gasteiger partial charge in [0.15, 0.2) is 0 Å². The van der Waals surface area contributed by atoms with E-state index in [9.17, 15) is 9.90 Å². The molecule has 2 fully saturated rings. The van der Waals surface area contributed by atoms with Crippen molar-refractivity contribution in [2.45, 2.75) is 77.2 Å². The van der Waals surface area contributed by atoms with E-state index < -0.39 is 5.60 Å². The molecule has 1 heterocycles. The summed E-state index contributed by atoms with van der Waals surface area (Å²) in [5.74, 6) is 0.358. The maximum atomic E-state index is 12.4. The molecule has 6 nitrogen and oxygen atoms in total. The highest BCUT2D eigenvalue weighted by Gasteiger charge is 2.32. The number of aliphatic hydroxyl groups is 1. The number of nitrogens with one attached hydrogen (secondary N) is 1. The number of rotatable bonds is 5. The van der Waals surface area contributed by atoms with Crippen molar-refractivity contribution < 1.29 is 19.4 Å². The Morgan fingerprint density at radius 3 is 2.79 bits per heavy atom. The number of hydrogen-bond donors (Lipinski definition) is 2. The van der Waals surface area contributed by atoms with E-state index in [4.69, 9.17) is 9.47 Å². The molecule has 1 aliphatic carbocycles. The molecule has 24 heavy (non-hydrogen) atoms. The molecule has 6 heteroatoms. The van der Waals surface area contributed by atoms with Crippen LogP contribution in [0.25, 0.3) is 0 Å². The van der Waals surface area contributed by atoms with Crippen molar-refractivity contribution in [1.82, 2.24) is 10.2 Å². The first-order chi connectivity index (χ1) is 11.3. The zero-order valence-corrected chi connectivity index (χ0v) is 15.6. The molecule has 0 aromatic carbocycles. The van der Waals surface area contributed by atoms with E-state index in [1.165, 1.54) is 0 Å². The molecule has 1 aliphatic heterocycles. The molecule has 0 radical (unpaired) electrons. The summed E-state index contributed by atoms with van der Waals surface area (Å²) in [7, 11) is 0. The first-order valence-corrected chi connectivity index (χ1v) is 9.25. The standard InChI is InChI=1S/C18H34N2O4/c1-13(19-11-14-6-5-7-16(14)21)10-15-12-23-9-8-20(15)17(22)24-18(2,3)4/h13-16,19,21H,5-12H2,1-4H3. The molecular formula is C18H34N2O4. The van der Waals surface area contributed by atoms with Crippen LogP contribution in [0.2, 0.25) is 0 Å². The molecule has 0 aromatic heterocycles. The van der Waals surface area contributed by atoms with Gasteiger partial charge in [0.2, 0.25) is 0 Å². The Hall–Kier alpha value is -0.850. The van der Waals surface area contributed by atoms with Crippen molar-refractivity contribution >= 4 is 6.09 Å². The molecule has 0 spiro atoms. The number of morpholine rings is 1. The molecule has 4 atom stereocenters. The fourth-order valence-corrected chi connectivity index (χ4v) is 3.51. The van der Waals surface area contributed by atoms with E-state index in [-0.39, 0.29) is 24.3 Å². The summed E-state index contributed by atoms with van der Waals surface area (Å²) < 4.78 is 11.1. The number of nitrogens with zero attached hydrogens (tertiary/aromatic N) is 1. The fourth-order valence-electron chi connectivity index (χ4n) is 3.51. The SMILES string of the molecule is CC(CC1COCCN1C(=O)OC(C)(C)C)NCC1CCCC1O. The van der Waals surface area contributed by atoms with Gasteiger partial charge in [0.25, 0.3) is 0 Å². The molecule has 0 aromatic rings. The third-order valence-corrected chi connectivity index (χ3v) is 4.83. The van der Waals surface area contributed by atoms with Gasteiger partial charge in [-0.15, -0.1) is 0 Å². The molecule has 0 bridgehead atoms. The van der Waals surface area contributed by atoms with Crippen molar-refractivity contribution in [2.75, 3.05) is 26.3 Å². The quantitative estimate of drug-likeness (QED) is 0.801. The molecule has 2 N–H and O–H groups in total. The van der Waals surface area contributed by atoms with E-state index in [2.05, 4.69) is 12.2 Å². The monoisotopic (exact) mass is 342 g/mol. The second-order valence-corrected chi connectivity index (χ2v) is 8.21. The van der Waals surface area contributed by atoms with Gasteiger partial charge in [0.05, 0.1) is 25.4 Å². The number of ether oxygens (including phenoxy) is 2. The number of hydrogen-bond acceptors (Lipinski definition) is 5. The summed E-state index contributed by atoms with van der Waals surface area (Å²) in [6, 6.07) is 0.291. The molecule has 1 saturated heterocycles. The van der Waals surface area contributed by atoms with E-state index in [0.29, 0.717) is 25.7 Å². The largest absolute Gasteiger partial charge is 0.444 e. The molecule has 140 valence electrons. The van der Waals surface area contributed by atoms with Gasteiger partial charge in [-0.05, 0) is 52.9 Å². The van der Waals surface area contributed by atoms with Crippen LogP contribution in [-0.4, -0.2) is 66.2 Å². The second kappa shape index (κ2) is 8.50. The predicted octanol–water partition coefficient (Wildman–Crippen LogP) is 2.15. The normalized spacial score (nSPS) is 29.5. The topological polar surface area (TPSA) is 71.0 Å². The van der Waals surface area contributed by atoms with Gasteiger partial charge in [0.1, 0.15) is 5.60 Å². The van der Waals surface area contributed by atoms with Crippen LogP contribution in [0.4, 0.5) is 4.79 Å². The smallest absolute Gasteiger partial charge is 0.410 e. The van der Waals surface area contributed by atoms with Crippen molar-refractivity contribution in [1.29, 1.82) is 0 Å². The van der Waals surface area contributed by atoms with E-state index in [0.717, 1.165) is 32.2 Å². The lowest BCUT2D eigenvalue weighted by Gasteiger charge is -2.38. The number of carbonyl (C=O) groups is 1. The van der Waals surface area contributed by atoms with Gasteiger partial charge in [-0.2, -0.15) is 0 Å². The molecule has 1 amide bonds. The lowest BCUT2D eigenvalue weighted by Crippen LogP contribution is -2.52. The van der Waals surface area contributed by atoms with Crippen LogP contribution in [0, 0.1) is 5.92 Å². The van der Waals surface area contributed by atoms with Crippen LogP contribution in [-0.2, 0) is 9.47 Å². The Labute approximate surface area is 145 Å². The minimum atomic E-state index is -0.484. The van der Waals surface area contributed by atoms with Crippen molar-refractivity contribution in [3.8, 4) is 0 Å².